The van der Waals surface area contributed by atoms with Gasteiger partial charge in [0.1, 0.15) is 10.9 Å². The molecule has 0 bridgehead atoms. The summed E-state index contributed by atoms with van der Waals surface area (Å²) in [6.45, 7) is 3.89. The molecule has 0 atom stereocenters. The number of nitriles is 1. The number of hydrogen-bond acceptors (Lipinski definition) is 3. The molecule has 1 heterocycles. The van der Waals surface area contributed by atoms with Crippen LogP contribution >= 0.6 is 22.9 Å². The highest BCUT2D eigenvalue weighted by atomic mass is 35.5. The number of nitrogens with zero attached hydrogens (tertiary/aromatic N) is 1. The molecule has 2 aromatic rings. The number of hydrogen-bond donors (Lipinski definition) is 1. The van der Waals surface area contributed by atoms with Crippen LogP contribution in [0.15, 0.2) is 18.2 Å². The van der Waals surface area contributed by atoms with E-state index < -0.39 is 0 Å². The Bertz CT molecular complexity index is 623. The predicted molar refractivity (Wildman–Crippen MR) is 73.4 cm³/mol. The lowest BCUT2D eigenvalue weighted by molar-refractivity contribution is 1.46. The van der Waals surface area contributed by atoms with E-state index in [-0.39, 0.29) is 0 Å². The summed E-state index contributed by atoms with van der Waals surface area (Å²) < 4.78 is 0. The van der Waals surface area contributed by atoms with Crippen LogP contribution < -0.4 is 5.73 Å². The third kappa shape index (κ3) is 2.02. The maximum atomic E-state index is 8.96. The topological polar surface area (TPSA) is 49.8 Å². The number of nitrogens with two attached hydrogens (primary N) is 1. The molecular weight excluding hydrogens is 252 g/mol. The molecule has 1 aromatic heterocycles. The summed E-state index contributed by atoms with van der Waals surface area (Å²) in [6, 6.07) is 8.00. The van der Waals surface area contributed by atoms with Crippen molar-refractivity contribution < 1.29 is 0 Å². The van der Waals surface area contributed by atoms with Crippen LogP contribution in [0.4, 0.5) is 5.69 Å². The Morgan fingerprint density at radius 3 is 2.59 bits per heavy atom. The minimum atomic E-state index is 0.564. The lowest BCUT2D eigenvalue weighted by Gasteiger charge is -2.03. The third-order valence-corrected chi connectivity index (χ3v) is 4.40. The Morgan fingerprint density at radius 2 is 2.06 bits per heavy atom. The van der Waals surface area contributed by atoms with Crippen LogP contribution in [0.1, 0.15) is 16.0 Å². The summed E-state index contributed by atoms with van der Waals surface area (Å²) in [4.78, 5) is 1.58. The van der Waals surface area contributed by atoms with Crippen molar-refractivity contribution in [3.8, 4) is 16.5 Å². The Balaban J connectivity index is 2.61. The molecule has 0 aliphatic heterocycles. The zero-order valence-corrected chi connectivity index (χ0v) is 11.1. The van der Waals surface area contributed by atoms with E-state index in [9.17, 15) is 0 Å². The van der Waals surface area contributed by atoms with E-state index >= 15 is 0 Å². The van der Waals surface area contributed by atoms with Crippen molar-refractivity contribution in [1.82, 2.24) is 0 Å². The van der Waals surface area contributed by atoms with Gasteiger partial charge < -0.3 is 5.73 Å². The van der Waals surface area contributed by atoms with E-state index in [1.54, 1.807) is 0 Å². The van der Waals surface area contributed by atoms with Gasteiger partial charge in [0.2, 0.25) is 0 Å². The van der Waals surface area contributed by atoms with Gasteiger partial charge in [0.05, 0.1) is 5.69 Å². The normalized spacial score (nSPS) is 10.2. The molecule has 0 saturated heterocycles. The van der Waals surface area contributed by atoms with Crippen molar-refractivity contribution in [3.05, 3.63) is 39.2 Å². The molecular formula is C13H11ClN2S. The van der Waals surface area contributed by atoms with Crippen LogP contribution in [-0.2, 0) is 0 Å². The van der Waals surface area contributed by atoms with E-state index in [2.05, 4.69) is 6.07 Å². The molecule has 86 valence electrons. The molecule has 0 aliphatic rings. The van der Waals surface area contributed by atoms with E-state index in [0.29, 0.717) is 10.6 Å². The fourth-order valence-electron chi connectivity index (χ4n) is 1.62. The highest BCUT2D eigenvalue weighted by Crippen LogP contribution is 2.38. The Kier molecular flexibility index (Phi) is 3.10. The second-order valence-electron chi connectivity index (χ2n) is 3.87. The van der Waals surface area contributed by atoms with E-state index in [1.807, 2.05) is 32.0 Å². The van der Waals surface area contributed by atoms with Crippen LogP contribution in [0.2, 0.25) is 5.02 Å². The molecule has 0 amide bonds. The zero-order chi connectivity index (χ0) is 12.6. The summed E-state index contributed by atoms with van der Waals surface area (Å²) in [5.74, 6) is 0. The van der Waals surface area contributed by atoms with Crippen molar-refractivity contribution in [2.45, 2.75) is 13.8 Å². The molecule has 17 heavy (non-hydrogen) atoms. The van der Waals surface area contributed by atoms with Gasteiger partial charge in [-0.1, -0.05) is 23.7 Å². The lowest BCUT2D eigenvalue weighted by Crippen LogP contribution is -1.87. The van der Waals surface area contributed by atoms with E-state index in [1.165, 1.54) is 11.3 Å². The van der Waals surface area contributed by atoms with Gasteiger partial charge in [0.25, 0.3) is 0 Å². The second-order valence-corrected chi connectivity index (χ2v) is 5.30. The minimum absolute atomic E-state index is 0.564. The van der Waals surface area contributed by atoms with Crippen LogP contribution in [0, 0.1) is 25.2 Å². The average molecular weight is 263 g/mol. The largest absolute Gasteiger partial charge is 0.397 e. The molecule has 2 rings (SSSR count). The van der Waals surface area contributed by atoms with Gasteiger partial charge in [-0.3, -0.25) is 0 Å². The molecule has 2 nitrogen and oxygen atoms in total. The summed E-state index contributed by atoms with van der Waals surface area (Å²) in [5.41, 5.74) is 9.45. The maximum Gasteiger partial charge on any atom is 0.128 e. The Hall–Kier alpha value is -1.50. The zero-order valence-electron chi connectivity index (χ0n) is 9.54. The van der Waals surface area contributed by atoms with Crippen molar-refractivity contribution in [1.29, 1.82) is 5.26 Å². The van der Waals surface area contributed by atoms with Crippen LogP contribution in [0.3, 0.4) is 0 Å². The number of halogens is 1. The van der Waals surface area contributed by atoms with Gasteiger partial charge in [-0.05, 0) is 36.6 Å². The highest BCUT2D eigenvalue weighted by Gasteiger charge is 2.14. The molecule has 0 fully saturated rings. The smallest absolute Gasteiger partial charge is 0.128 e. The first-order valence-corrected chi connectivity index (χ1v) is 6.29. The molecule has 0 radical (unpaired) electrons. The Morgan fingerprint density at radius 1 is 1.35 bits per heavy atom. The molecule has 0 spiro atoms. The van der Waals surface area contributed by atoms with Crippen LogP contribution in [0.25, 0.3) is 10.4 Å². The first-order valence-electron chi connectivity index (χ1n) is 5.10. The number of benzene rings is 1. The quantitative estimate of drug-likeness (QED) is 0.840. The number of anilines is 1. The maximum absolute atomic E-state index is 8.96. The van der Waals surface area contributed by atoms with Crippen LogP contribution in [0.5, 0.6) is 0 Å². The summed E-state index contributed by atoms with van der Waals surface area (Å²) in [6.07, 6.45) is 0. The predicted octanol–water partition coefficient (Wildman–Crippen LogP) is 4.14. The fourth-order valence-corrected chi connectivity index (χ4v) is 2.82. The third-order valence-electron chi connectivity index (χ3n) is 2.73. The van der Waals surface area contributed by atoms with E-state index in [4.69, 9.17) is 22.6 Å². The summed E-state index contributed by atoms with van der Waals surface area (Å²) in [7, 11) is 0. The van der Waals surface area contributed by atoms with Gasteiger partial charge in [-0.2, -0.15) is 5.26 Å². The van der Waals surface area contributed by atoms with Gasteiger partial charge in [0, 0.05) is 9.90 Å². The second kappa shape index (κ2) is 4.40. The first kappa shape index (κ1) is 12.0. The van der Waals surface area contributed by atoms with E-state index in [0.717, 1.165) is 26.6 Å². The van der Waals surface area contributed by atoms with Crippen molar-refractivity contribution >= 4 is 28.6 Å². The number of nitrogen functional groups attached to an aromatic ring is 1. The number of thiophene rings is 1. The van der Waals surface area contributed by atoms with Crippen molar-refractivity contribution in [2.24, 2.45) is 0 Å². The molecule has 0 unspecified atom stereocenters. The number of aryl methyl sites for hydroxylation is 1. The van der Waals surface area contributed by atoms with Crippen LogP contribution in [-0.4, -0.2) is 0 Å². The van der Waals surface area contributed by atoms with Crippen molar-refractivity contribution in [3.63, 3.8) is 0 Å². The molecule has 0 saturated carbocycles. The first-order chi connectivity index (χ1) is 8.04. The fraction of sp³-hybridized carbons (Fsp3) is 0.154. The monoisotopic (exact) mass is 262 g/mol. The van der Waals surface area contributed by atoms with Gasteiger partial charge in [0.15, 0.2) is 0 Å². The lowest BCUT2D eigenvalue weighted by atomic mass is 10.1. The molecule has 4 heteroatoms. The SMILES string of the molecule is Cc1ccc(-c2sc(C#N)c(N)c2C)cc1Cl. The van der Waals surface area contributed by atoms with Crippen molar-refractivity contribution in [2.75, 3.05) is 5.73 Å². The summed E-state index contributed by atoms with van der Waals surface area (Å²) in [5, 5.41) is 9.69. The van der Waals surface area contributed by atoms with Gasteiger partial charge >= 0.3 is 0 Å². The Labute approximate surface area is 109 Å². The highest BCUT2D eigenvalue weighted by molar-refractivity contribution is 7.16. The molecule has 1 aromatic carbocycles. The van der Waals surface area contributed by atoms with Gasteiger partial charge in [-0.25, -0.2) is 0 Å². The molecule has 0 aliphatic carbocycles. The number of rotatable bonds is 1. The average Bonchev–Trinajstić information content (AvgIpc) is 2.60. The molecule has 2 N–H and O–H groups in total. The van der Waals surface area contributed by atoms with Gasteiger partial charge in [-0.15, -0.1) is 11.3 Å². The standard InChI is InChI=1S/C13H11ClN2S/c1-7-3-4-9(5-10(7)14)13-8(2)12(16)11(6-15)17-13/h3-5H,16H2,1-2H3. The minimum Gasteiger partial charge on any atom is -0.397 e. The summed E-state index contributed by atoms with van der Waals surface area (Å²) >= 11 is 7.51.